The molecule has 1 heterocycles. The standard InChI is InChI=1S/C17H15NO4/c1-21-12-8-6-11(7-9-12)10-18-16(19)13-4-3-5-14(22-2)15(13)17(18)20/h3-9H,10H2,1-2H3. The van der Waals surface area contributed by atoms with E-state index in [1.165, 1.54) is 12.0 Å². The number of imide groups is 1. The van der Waals surface area contributed by atoms with Crippen LogP contribution >= 0.6 is 0 Å². The number of hydrogen-bond acceptors (Lipinski definition) is 4. The number of nitrogens with zero attached hydrogens (tertiary/aromatic N) is 1. The Morgan fingerprint density at radius 3 is 2.27 bits per heavy atom. The summed E-state index contributed by atoms with van der Waals surface area (Å²) in [5.41, 5.74) is 1.58. The number of amides is 2. The van der Waals surface area contributed by atoms with Gasteiger partial charge in [-0.2, -0.15) is 0 Å². The summed E-state index contributed by atoms with van der Waals surface area (Å²) in [5.74, 6) is 0.531. The predicted molar refractivity (Wildman–Crippen MR) is 80.2 cm³/mol. The molecule has 0 bridgehead atoms. The average Bonchev–Trinajstić information content (AvgIpc) is 2.80. The zero-order chi connectivity index (χ0) is 15.7. The Hall–Kier alpha value is -2.82. The maximum atomic E-state index is 12.5. The summed E-state index contributed by atoms with van der Waals surface area (Å²) in [6.07, 6.45) is 0. The van der Waals surface area contributed by atoms with Crippen molar-refractivity contribution in [2.45, 2.75) is 6.54 Å². The van der Waals surface area contributed by atoms with E-state index in [1.54, 1.807) is 37.4 Å². The summed E-state index contributed by atoms with van der Waals surface area (Å²) in [4.78, 5) is 26.2. The lowest BCUT2D eigenvalue weighted by atomic mass is 10.1. The highest BCUT2D eigenvalue weighted by molar-refractivity contribution is 6.22. The van der Waals surface area contributed by atoms with Crippen molar-refractivity contribution in [3.05, 3.63) is 59.2 Å². The van der Waals surface area contributed by atoms with Crippen LogP contribution in [0, 0.1) is 0 Å². The second-order valence-corrected chi connectivity index (χ2v) is 4.93. The van der Waals surface area contributed by atoms with E-state index in [0.29, 0.717) is 16.9 Å². The number of carbonyl (C=O) groups excluding carboxylic acids is 2. The molecule has 0 atom stereocenters. The van der Waals surface area contributed by atoms with Gasteiger partial charge in [0.1, 0.15) is 11.5 Å². The highest BCUT2D eigenvalue weighted by Gasteiger charge is 2.37. The van der Waals surface area contributed by atoms with Crippen molar-refractivity contribution in [2.24, 2.45) is 0 Å². The second-order valence-electron chi connectivity index (χ2n) is 4.93. The lowest BCUT2D eigenvalue weighted by molar-refractivity contribution is 0.0641. The topological polar surface area (TPSA) is 55.8 Å². The number of rotatable bonds is 4. The van der Waals surface area contributed by atoms with Crippen LogP contribution in [0.4, 0.5) is 0 Å². The Bertz CT molecular complexity index is 737. The molecule has 2 aromatic rings. The Labute approximate surface area is 128 Å². The zero-order valence-corrected chi connectivity index (χ0v) is 12.3. The van der Waals surface area contributed by atoms with E-state index in [9.17, 15) is 9.59 Å². The summed E-state index contributed by atoms with van der Waals surface area (Å²) >= 11 is 0. The fraction of sp³-hybridized carbons (Fsp3) is 0.176. The first-order chi connectivity index (χ1) is 10.7. The van der Waals surface area contributed by atoms with Crippen LogP contribution in [-0.4, -0.2) is 30.9 Å². The van der Waals surface area contributed by atoms with Gasteiger partial charge < -0.3 is 9.47 Å². The number of fused-ring (bicyclic) bond motifs is 1. The third-order valence-corrected chi connectivity index (χ3v) is 3.68. The van der Waals surface area contributed by atoms with Crippen LogP contribution in [0.3, 0.4) is 0 Å². The summed E-state index contributed by atoms with van der Waals surface area (Å²) in [5, 5.41) is 0. The molecule has 2 aromatic carbocycles. The van der Waals surface area contributed by atoms with Gasteiger partial charge in [0.25, 0.3) is 11.8 Å². The normalized spacial score (nSPS) is 13.3. The smallest absolute Gasteiger partial charge is 0.265 e. The minimum Gasteiger partial charge on any atom is -0.497 e. The number of hydrogen-bond donors (Lipinski definition) is 0. The molecule has 0 unspecified atom stereocenters. The van der Waals surface area contributed by atoms with Crippen LogP contribution in [0.1, 0.15) is 26.3 Å². The Morgan fingerprint density at radius 1 is 0.909 bits per heavy atom. The van der Waals surface area contributed by atoms with Gasteiger partial charge in [0.2, 0.25) is 0 Å². The molecule has 1 aliphatic rings. The van der Waals surface area contributed by atoms with Gasteiger partial charge in [0.05, 0.1) is 31.9 Å². The van der Waals surface area contributed by atoms with Gasteiger partial charge in [0.15, 0.2) is 0 Å². The van der Waals surface area contributed by atoms with Gasteiger partial charge in [-0.15, -0.1) is 0 Å². The van der Waals surface area contributed by atoms with Crippen LogP contribution in [0.2, 0.25) is 0 Å². The molecule has 0 aromatic heterocycles. The molecule has 5 heteroatoms. The van der Waals surface area contributed by atoms with Crippen molar-refractivity contribution in [2.75, 3.05) is 14.2 Å². The molecule has 22 heavy (non-hydrogen) atoms. The maximum absolute atomic E-state index is 12.5. The fourth-order valence-corrected chi connectivity index (χ4v) is 2.53. The van der Waals surface area contributed by atoms with E-state index in [1.807, 2.05) is 12.1 Å². The molecule has 112 valence electrons. The Kier molecular flexibility index (Phi) is 3.55. The van der Waals surface area contributed by atoms with E-state index in [-0.39, 0.29) is 18.4 Å². The van der Waals surface area contributed by atoms with E-state index < -0.39 is 0 Å². The molecule has 1 aliphatic heterocycles. The van der Waals surface area contributed by atoms with Crippen molar-refractivity contribution in [3.63, 3.8) is 0 Å². The maximum Gasteiger partial charge on any atom is 0.265 e. The minimum absolute atomic E-state index is 0.222. The quantitative estimate of drug-likeness (QED) is 0.814. The van der Waals surface area contributed by atoms with Crippen LogP contribution < -0.4 is 9.47 Å². The Morgan fingerprint density at radius 2 is 1.64 bits per heavy atom. The summed E-state index contributed by atoms with van der Waals surface area (Å²) in [7, 11) is 3.07. The monoisotopic (exact) mass is 297 g/mol. The number of methoxy groups -OCH3 is 2. The molecule has 2 amide bonds. The van der Waals surface area contributed by atoms with Gasteiger partial charge in [-0.05, 0) is 29.8 Å². The van der Waals surface area contributed by atoms with E-state index >= 15 is 0 Å². The summed E-state index contributed by atoms with van der Waals surface area (Å²) < 4.78 is 10.3. The van der Waals surface area contributed by atoms with E-state index in [4.69, 9.17) is 9.47 Å². The second kappa shape index (κ2) is 5.52. The van der Waals surface area contributed by atoms with Gasteiger partial charge in [-0.1, -0.05) is 18.2 Å². The first kappa shape index (κ1) is 14.1. The van der Waals surface area contributed by atoms with Crippen molar-refractivity contribution in [1.29, 1.82) is 0 Å². The first-order valence-electron chi connectivity index (χ1n) is 6.82. The highest BCUT2D eigenvalue weighted by Crippen LogP contribution is 2.31. The fourth-order valence-electron chi connectivity index (χ4n) is 2.53. The predicted octanol–water partition coefficient (Wildman–Crippen LogP) is 2.50. The van der Waals surface area contributed by atoms with Gasteiger partial charge in [-0.3, -0.25) is 14.5 Å². The molecular weight excluding hydrogens is 282 g/mol. The molecule has 0 saturated carbocycles. The van der Waals surface area contributed by atoms with Gasteiger partial charge >= 0.3 is 0 Å². The molecule has 0 spiro atoms. The molecule has 0 aliphatic carbocycles. The van der Waals surface area contributed by atoms with Crippen LogP contribution in [-0.2, 0) is 6.54 Å². The van der Waals surface area contributed by atoms with Crippen LogP contribution in [0.5, 0.6) is 11.5 Å². The molecule has 0 fully saturated rings. The van der Waals surface area contributed by atoms with Crippen molar-refractivity contribution in [3.8, 4) is 11.5 Å². The van der Waals surface area contributed by atoms with Crippen LogP contribution in [0.15, 0.2) is 42.5 Å². The molecule has 0 radical (unpaired) electrons. The van der Waals surface area contributed by atoms with Crippen molar-refractivity contribution < 1.29 is 19.1 Å². The van der Waals surface area contributed by atoms with Gasteiger partial charge in [-0.25, -0.2) is 0 Å². The average molecular weight is 297 g/mol. The van der Waals surface area contributed by atoms with E-state index in [0.717, 1.165) is 11.3 Å². The molecule has 5 nitrogen and oxygen atoms in total. The molecular formula is C17H15NO4. The lowest BCUT2D eigenvalue weighted by Gasteiger charge is -2.14. The molecule has 3 rings (SSSR count). The first-order valence-corrected chi connectivity index (χ1v) is 6.82. The van der Waals surface area contributed by atoms with Crippen LogP contribution in [0.25, 0.3) is 0 Å². The number of benzene rings is 2. The van der Waals surface area contributed by atoms with E-state index in [2.05, 4.69) is 0 Å². The number of ether oxygens (including phenoxy) is 2. The zero-order valence-electron chi connectivity index (χ0n) is 12.3. The van der Waals surface area contributed by atoms with Gasteiger partial charge in [0, 0.05) is 0 Å². The minimum atomic E-state index is -0.326. The third-order valence-electron chi connectivity index (χ3n) is 3.68. The highest BCUT2D eigenvalue weighted by atomic mass is 16.5. The van der Waals surface area contributed by atoms with Crippen molar-refractivity contribution in [1.82, 2.24) is 4.90 Å². The summed E-state index contributed by atoms with van der Waals surface area (Å²) in [6, 6.07) is 12.3. The largest absolute Gasteiger partial charge is 0.497 e. The lowest BCUT2D eigenvalue weighted by Crippen LogP contribution is -2.29. The number of carbonyl (C=O) groups is 2. The van der Waals surface area contributed by atoms with Crippen molar-refractivity contribution >= 4 is 11.8 Å². The molecule has 0 N–H and O–H groups in total. The SMILES string of the molecule is COc1ccc(CN2C(=O)c3cccc(OC)c3C2=O)cc1. The summed E-state index contributed by atoms with van der Waals surface area (Å²) in [6.45, 7) is 0.222. The molecule has 0 saturated heterocycles. The third kappa shape index (κ3) is 2.20. The Balaban J connectivity index is 1.90.